The minimum Gasteiger partial charge on any atom is -0.379 e. The average molecular weight is 351 g/mol. The highest BCUT2D eigenvalue weighted by Gasteiger charge is 2.25. The van der Waals surface area contributed by atoms with E-state index in [-0.39, 0.29) is 11.9 Å². The number of ether oxygens (including phenoxy) is 1. The molecule has 0 spiro atoms. The Hall–Kier alpha value is -1.89. The summed E-state index contributed by atoms with van der Waals surface area (Å²) < 4.78 is 19.4. The van der Waals surface area contributed by atoms with Gasteiger partial charge in [-0.15, -0.1) is 0 Å². The molecular weight excluding hydrogens is 321 g/mol. The number of hydrogen-bond acceptors (Lipinski definition) is 4. The third kappa shape index (κ3) is 6.49. The predicted molar refractivity (Wildman–Crippen MR) is 99.6 cm³/mol. The summed E-state index contributed by atoms with van der Waals surface area (Å²) in [7, 11) is 0. The zero-order valence-corrected chi connectivity index (χ0v) is 15.5. The Morgan fingerprint density at radius 3 is 3.08 bits per heavy atom. The van der Waals surface area contributed by atoms with Gasteiger partial charge in [-0.1, -0.05) is 13.8 Å². The SMILES string of the molecule is CCNC(=NCCOCC(C)C)NC1CCN(c2ncccc2F)C1. The molecule has 1 atom stereocenters. The molecule has 6 nitrogen and oxygen atoms in total. The highest BCUT2D eigenvalue weighted by Crippen LogP contribution is 2.20. The number of hydrogen-bond donors (Lipinski definition) is 2. The summed E-state index contributed by atoms with van der Waals surface area (Å²) >= 11 is 0. The van der Waals surface area contributed by atoms with E-state index in [1.165, 1.54) is 6.07 Å². The van der Waals surface area contributed by atoms with Crippen LogP contribution in [-0.2, 0) is 4.74 Å². The maximum atomic E-state index is 13.9. The normalized spacial score (nSPS) is 18.0. The first-order valence-corrected chi connectivity index (χ1v) is 9.08. The summed E-state index contributed by atoms with van der Waals surface area (Å²) in [6, 6.07) is 3.28. The highest BCUT2D eigenvalue weighted by molar-refractivity contribution is 5.80. The van der Waals surface area contributed by atoms with Crippen LogP contribution in [0.4, 0.5) is 10.2 Å². The molecule has 140 valence electrons. The third-order valence-electron chi connectivity index (χ3n) is 3.87. The van der Waals surface area contributed by atoms with Crippen LogP contribution in [0, 0.1) is 11.7 Å². The van der Waals surface area contributed by atoms with E-state index in [2.05, 4.69) is 34.5 Å². The molecule has 0 amide bonds. The van der Waals surface area contributed by atoms with E-state index in [1.807, 2.05) is 11.8 Å². The average Bonchev–Trinajstić information content (AvgIpc) is 3.03. The Morgan fingerprint density at radius 2 is 2.36 bits per heavy atom. The summed E-state index contributed by atoms with van der Waals surface area (Å²) in [5.41, 5.74) is 0. The van der Waals surface area contributed by atoms with Gasteiger partial charge in [-0.3, -0.25) is 4.99 Å². The number of pyridine rings is 1. The summed E-state index contributed by atoms with van der Waals surface area (Å²) in [6.45, 7) is 10.6. The van der Waals surface area contributed by atoms with Gasteiger partial charge < -0.3 is 20.3 Å². The molecule has 1 fully saturated rings. The Balaban J connectivity index is 1.82. The summed E-state index contributed by atoms with van der Waals surface area (Å²) in [5, 5.41) is 6.68. The second kappa shape index (κ2) is 10.2. The molecule has 0 radical (unpaired) electrons. The number of rotatable bonds is 8. The number of aromatic nitrogens is 1. The van der Waals surface area contributed by atoms with Crippen molar-refractivity contribution in [3.63, 3.8) is 0 Å². The van der Waals surface area contributed by atoms with E-state index in [0.717, 1.165) is 32.1 Å². The fraction of sp³-hybridized carbons (Fsp3) is 0.667. The minimum atomic E-state index is -0.272. The molecular formula is C18H30FN5O. The maximum absolute atomic E-state index is 13.9. The van der Waals surface area contributed by atoms with Gasteiger partial charge in [0.1, 0.15) is 0 Å². The summed E-state index contributed by atoms with van der Waals surface area (Å²) in [5.74, 6) is 1.47. The van der Waals surface area contributed by atoms with Gasteiger partial charge in [0.15, 0.2) is 17.6 Å². The second-order valence-electron chi connectivity index (χ2n) is 6.61. The minimum absolute atomic E-state index is 0.218. The van der Waals surface area contributed by atoms with Crippen LogP contribution in [-0.4, -0.2) is 56.4 Å². The Kier molecular flexibility index (Phi) is 7.91. The highest BCUT2D eigenvalue weighted by atomic mass is 19.1. The van der Waals surface area contributed by atoms with Crippen LogP contribution in [0.2, 0.25) is 0 Å². The molecule has 1 aliphatic rings. The van der Waals surface area contributed by atoms with Crippen molar-refractivity contribution in [3.05, 3.63) is 24.1 Å². The van der Waals surface area contributed by atoms with Crippen molar-refractivity contribution in [2.45, 2.75) is 33.2 Å². The molecule has 0 aliphatic carbocycles. The van der Waals surface area contributed by atoms with Gasteiger partial charge in [0, 0.05) is 38.5 Å². The number of halogens is 1. The van der Waals surface area contributed by atoms with Gasteiger partial charge in [-0.2, -0.15) is 0 Å². The molecule has 2 heterocycles. The summed E-state index contributed by atoms with van der Waals surface area (Å²) in [6.07, 6.45) is 2.55. The lowest BCUT2D eigenvalue weighted by Gasteiger charge is -2.20. The van der Waals surface area contributed by atoms with Crippen LogP contribution in [0.15, 0.2) is 23.3 Å². The zero-order chi connectivity index (χ0) is 18.1. The van der Waals surface area contributed by atoms with Crippen molar-refractivity contribution >= 4 is 11.8 Å². The number of anilines is 1. The third-order valence-corrected chi connectivity index (χ3v) is 3.87. The Morgan fingerprint density at radius 1 is 1.52 bits per heavy atom. The smallest absolute Gasteiger partial charge is 0.191 e. The van der Waals surface area contributed by atoms with E-state index in [9.17, 15) is 4.39 Å². The lowest BCUT2D eigenvalue weighted by Crippen LogP contribution is -2.44. The van der Waals surface area contributed by atoms with Gasteiger partial charge in [0.25, 0.3) is 0 Å². The lowest BCUT2D eigenvalue weighted by atomic mass is 10.2. The zero-order valence-electron chi connectivity index (χ0n) is 15.5. The van der Waals surface area contributed by atoms with Crippen LogP contribution in [0.1, 0.15) is 27.2 Å². The molecule has 25 heavy (non-hydrogen) atoms. The maximum Gasteiger partial charge on any atom is 0.191 e. The topological polar surface area (TPSA) is 61.8 Å². The van der Waals surface area contributed by atoms with E-state index in [0.29, 0.717) is 31.4 Å². The molecule has 1 unspecified atom stereocenters. The second-order valence-corrected chi connectivity index (χ2v) is 6.61. The molecule has 1 aromatic rings. The molecule has 0 aromatic carbocycles. The van der Waals surface area contributed by atoms with E-state index < -0.39 is 0 Å². The van der Waals surface area contributed by atoms with Crippen LogP contribution in [0.3, 0.4) is 0 Å². The van der Waals surface area contributed by atoms with Gasteiger partial charge >= 0.3 is 0 Å². The molecule has 2 rings (SSSR count). The predicted octanol–water partition coefficient (Wildman–Crippen LogP) is 2.03. The monoisotopic (exact) mass is 351 g/mol. The van der Waals surface area contributed by atoms with Crippen molar-refractivity contribution in [1.82, 2.24) is 15.6 Å². The Labute approximate surface area is 149 Å². The first-order valence-electron chi connectivity index (χ1n) is 9.08. The summed E-state index contributed by atoms with van der Waals surface area (Å²) in [4.78, 5) is 10.7. The molecule has 0 saturated carbocycles. The number of aliphatic imine (C=N–C) groups is 1. The largest absolute Gasteiger partial charge is 0.379 e. The quantitative estimate of drug-likeness (QED) is 0.426. The number of nitrogens with one attached hydrogen (secondary N) is 2. The number of nitrogens with zero attached hydrogens (tertiary/aromatic N) is 3. The van der Waals surface area contributed by atoms with Crippen LogP contribution in [0.25, 0.3) is 0 Å². The molecule has 2 N–H and O–H groups in total. The van der Waals surface area contributed by atoms with Crippen molar-refractivity contribution in [2.24, 2.45) is 10.9 Å². The first kappa shape index (κ1) is 19.4. The van der Waals surface area contributed by atoms with Gasteiger partial charge in [-0.05, 0) is 31.4 Å². The van der Waals surface area contributed by atoms with Crippen molar-refractivity contribution < 1.29 is 9.13 Å². The fourth-order valence-corrected chi connectivity index (χ4v) is 2.73. The molecule has 7 heteroatoms. The fourth-order valence-electron chi connectivity index (χ4n) is 2.73. The van der Waals surface area contributed by atoms with Crippen molar-refractivity contribution in [3.8, 4) is 0 Å². The first-order chi connectivity index (χ1) is 12.1. The van der Waals surface area contributed by atoms with Crippen LogP contribution in [0.5, 0.6) is 0 Å². The molecule has 0 bridgehead atoms. The van der Waals surface area contributed by atoms with Crippen molar-refractivity contribution in [1.29, 1.82) is 0 Å². The molecule has 1 saturated heterocycles. The van der Waals surface area contributed by atoms with Gasteiger partial charge in [-0.25, -0.2) is 9.37 Å². The van der Waals surface area contributed by atoms with Crippen LogP contribution >= 0.6 is 0 Å². The molecule has 1 aromatic heterocycles. The lowest BCUT2D eigenvalue weighted by molar-refractivity contribution is 0.117. The van der Waals surface area contributed by atoms with Gasteiger partial charge in [0.2, 0.25) is 0 Å². The number of guanidine groups is 1. The van der Waals surface area contributed by atoms with Gasteiger partial charge in [0.05, 0.1) is 13.2 Å². The van der Waals surface area contributed by atoms with E-state index >= 15 is 0 Å². The van der Waals surface area contributed by atoms with Crippen molar-refractivity contribution in [2.75, 3.05) is 44.3 Å². The molecule has 1 aliphatic heterocycles. The Bertz CT molecular complexity index is 552. The van der Waals surface area contributed by atoms with Crippen LogP contribution < -0.4 is 15.5 Å². The van der Waals surface area contributed by atoms with E-state index in [1.54, 1.807) is 12.3 Å². The van der Waals surface area contributed by atoms with E-state index in [4.69, 9.17) is 4.74 Å². The standard InChI is InChI=1S/C18H30FN5O/c1-4-20-18(22-9-11-25-13-14(2)3)23-15-7-10-24(12-15)17-16(19)6-5-8-21-17/h5-6,8,14-15H,4,7,9-13H2,1-3H3,(H2,20,22,23).